The number of phenols is 1. The summed E-state index contributed by atoms with van der Waals surface area (Å²) in [5, 5.41) is 29.9. The van der Waals surface area contributed by atoms with E-state index in [2.05, 4.69) is 87.3 Å². The fourth-order valence-corrected chi connectivity index (χ4v) is 25.9. The van der Waals surface area contributed by atoms with E-state index in [-0.39, 0.29) is 64.0 Å². The lowest BCUT2D eigenvalue weighted by Gasteiger charge is -2.57. The third-order valence-electron chi connectivity index (χ3n) is 25.4. The number of nitrogens with one attached hydrogen (secondary N) is 1. The first-order chi connectivity index (χ1) is 38.3. The van der Waals surface area contributed by atoms with Crippen molar-refractivity contribution in [1.29, 1.82) is 0 Å². The highest BCUT2D eigenvalue weighted by Crippen LogP contribution is 2.69. The average molecular weight is 1110 g/mol. The number of hydrogen-bond donors (Lipinski definition) is 4. The van der Waals surface area contributed by atoms with Gasteiger partial charge in [-0.1, -0.05) is 76.8 Å². The summed E-state index contributed by atoms with van der Waals surface area (Å²) in [4.78, 5) is 36.2. The first-order valence-electron chi connectivity index (χ1n) is 31.6. The van der Waals surface area contributed by atoms with Gasteiger partial charge in [-0.25, -0.2) is 0 Å². The van der Waals surface area contributed by atoms with E-state index in [0.29, 0.717) is 78.7 Å². The van der Waals surface area contributed by atoms with Crippen molar-refractivity contribution in [3.63, 3.8) is 0 Å². The largest absolute Gasteiger partial charge is 0.504 e. The van der Waals surface area contributed by atoms with Crippen LogP contribution in [-0.4, -0.2) is 74.0 Å². The first kappa shape index (κ1) is 52.0. The zero-order valence-electron chi connectivity index (χ0n) is 46.9. The Kier molecular flexibility index (Phi) is 12.6. The predicted molar refractivity (Wildman–Crippen MR) is 312 cm³/mol. The molecule has 8 heterocycles. The van der Waals surface area contributed by atoms with Crippen LogP contribution in [-0.2, 0) is 27.3 Å². The number of carbonyl (C=O) groups excluding carboxylic acids is 2. The molecule has 9 aliphatic carbocycles. The molecule has 79 heavy (non-hydrogen) atoms. The van der Waals surface area contributed by atoms with Crippen molar-refractivity contribution in [1.82, 2.24) is 10.2 Å². The van der Waals surface area contributed by atoms with Crippen LogP contribution in [0.25, 0.3) is 0 Å². The number of aromatic hydroxyl groups is 1. The minimum absolute atomic E-state index is 0.0234. The van der Waals surface area contributed by atoms with Crippen LogP contribution in [0.2, 0.25) is 0 Å². The number of nitrogens with two attached hydrogens (primary N) is 1. The van der Waals surface area contributed by atoms with Crippen molar-refractivity contribution in [2.24, 2.45) is 73.8 Å². The number of hydrogen-bond acceptors (Lipinski definition) is 11. The number of aliphatic imine (C=N–C) groups is 1. The molecule has 422 valence electrons. The molecule has 2 aromatic carbocycles. The Balaban J connectivity index is 0.873. The van der Waals surface area contributed by atoms with Crippen LogP contribution in [0.3, 0.4) is 0 Å². The van der Waals surface area contributed by atoms with E-state index in [0.717, 1.165) is 100 Å². The maximum atomic E-state index is 15.4. The molecule has 1 saturated heterocycles. The molecule has 10 nitrogen and oxygen atoms in total. The molecule has 1 amide bonds. The van der Waals surface area contributed by atoms with Crippen molar-refractivity contribution in [2.45, 2.75) is 214 Å². The Morgan fingerprint density at radius 1 is 0.899 bits per heavy atom. The molecule has 9 fully saturated rings. The maximum Gasteiger partial charge on any atom is 0.303 e. The summed E-state index contributed by atoms with van der Waals surface area (Å²) in [6, 6.07) is 13.1. The van der Waals surface area contributed by atoms with E-state index in [4.69, 9.17) is 20.2 Å². The molecule has 8 aliphatic heterocycles. The monoisotopic (exact) mass is 1110 g/mol. The van der Waals surface area contributed by atoms with Gasteiger partial charge in [0.2, 0.25) is 5.91 Å². The number of rotatable bonds is 2. The lowest BCUT2D eigenvalue weighted by Crippen LogP contribution is -2.58. The number of carbonyl (C=O) groups is 2. The fourth-order valence-electron chi connectivity index (χ4n) is 21.9. The molecule has 8 saturated carbocycles. The molecule has 0 unspecified atom stereocenters. The fraction of sp³-hybridized carbons (Fsp3) is 0.716. The third kappa shape index (κ3) is 8.05. The number of guanidine groups is 1. The van der Waals surface area contributed by atoms with Crippen molar-refractivity contribution in [2.75, 3.05) is 18.8 Å². The van der Waals surface area contributed by atoms with Crippen LogP contribution in [0, 0.1) is 74.9 Å². The van der Waals surface area contributed by atoms with Gasteiger partial charge in [0.1, 0.15) is 16.1 Å². The van der Waals surface area contributed by atoms with Gasteiger partial charge in [-0.3, -0.25) is 14.6 Å². The van der Waals surface area contributed by atoms with Gasteiger partial charge in [0, 0.05) is 84.7 Å². The molecule has 17 aliphatic rings. The molecule has 6 spiro atoms. The van der Waals surface area contributed by atoms with E-state index in [1.165, 1.54) is 69.8 Å². The number of amides is 1. The molecule has 2 aromatic rings. The predicted octanol–water partition coefficient (Wildman–Crippen LogP) is 12.6. The van der Waals surface area contributed by atoms with Gasteiger partial charge in [-0.15, -0.1) is 5.92 Å². The molecular formula is C67H86N4O6S2. The lowest BCUT2D eigenvalue weighted by atomic mass is 9.51. The molecular weight excluding hydrogens is 1020 g/mol. The Morgan fingerprint density at radius 2 is 1.73 bits per heavy atom. The van der Waals surface area contributed by atoms with Gasteiger partial charge in [0.25, 0.3) is 0 Å². The number of aliphatic hydroxyl groups excluding tert-OH is 1. The van der Waals surface area contributed by atoms with Crippen molar-refractivity contribution < 1.29 is 29.3 Å². The molecule has 0 radical (unpaired) electrons. The van der Waals surface area contributed by atoms with E-state index >= 15 is 4.79 Å². The van der Waals surface area contributed by atoms with Crippen LogP contribution in [0.15, 0.2) is 53.5 Å². The molecule has 19 rings (SSSR count). The number of esters is 1. The van der Waals surface area contributed by atoms with Gasteiger partial charge >= 0.3 is 5.97 Å². The highest BCUT2D eigenvalue weighted by Gasteiger charge is 2.66. The average Bonchev–Trinajstić information content (AvgIpc) is 4.41. The van der Waals surface area contributed by atoms with Gasteiger partial charge in [-0.2, -0.15) is 0 Å². The zero-order valence-corrected chi connectivity index (χ0v) is 48.6. The van der Waals surface area contributed by atoms with Gasteiger partial charge in [0.05, 0.1) is 18.1 Å². The SMILES string of the molecule is CC(=O)O[C@]12C[C@@H]3CC[C@H]1Cc1cc(c(O)c4c1[C@@H]1C=C[C@]5(CCC[C@@H]5C1)O4)CN1C[C@@]4(CC1=O)[C@H](c1ccccc1)CC[C@]41C#CC[C@H]4CC[C@]5(CCC[C@@]5(NC(N)=NC1)SSC[C@@H]1CC[C@H](CC15CCCC5)[C@@H]3[C@H](O)C2)C4. The zero-order chi connectivity index (χ0) is 53.6. The van der Waals surface area contributed by atoms with E-state index in [1.54, 1.807) is 6.92 Å². The van der Waals surface area contributed by atoms with Crippen molar-refractivity contribution in [3.05, 3.63) is 70.8 Å². The summed E-state index contributed by atoms with van der Waals surface area (Å²) in [7, 11) is 4.23. The van der Waals surface area contributed by atoms with Gasteiger partial charge < -0.3 is 35.6 Å². The van der Waals surface area contributed by atoms with Crippen molar-refractivity contribution >= 4 is 39.4 Å². The van der Waals surface area contributed by atoms with E-state index in [9.17, 15) is 15.0 Å². The molecule has 0 aromatic heterocycles. The Bertz CT molecular complexity index is 2910. The third-order valence-corrected chi connectivity index (χ3v) is 28.7. The molecule has 5 N–H and O–H groups in total. The topological polar surface area (TPSA) is 147 Å². The number of fused-ring (bicyclic) bond motifs is 1. The second-order valence-corrected chi connectivity index (χ2v) is 31.5. The molecule has 16 atom stereocenters. The number of nitrogens with zero attached hydrogens (tertiary/aromatic N) is 2. The van der Waals surface area contributed by atoms with Crippen LogP contribution < -0.4 is 15.8 Å². The highest BCUT2D eigenvalue weighted by atomic mass is 33.1. The van der Waals surface area contributed by atoms with Crippen LogP contribution in [0.4, 0.5) is 0 Å². The summed E-state index contributed by atoms with van der Waals surface area (Å²) in [6.45, 7) is 2.74. The van der Waals surface area contributed by atoms with Crippen LogP contribution in [0.1, 0.15) is 202 Å². The number of benzene rings is 2. The summed E-state index contributed by atoms with van der Waals surface area (Å²) < 4.78 is 14.1. The summed E-state index contributed by atoms with van der Waals surface area (Å²) in [5.41, 5.74) is 9.51. The maximum absolute atomic E-state index is 15.4. The van der Waals surface area contributed by atoms with E-state index in [1.807, 2.05) is 4.90 Å². The number of phenolic OH excluding ortho intramolecular Hbond substituents is 1. The number of aliphatic hydroxyl groups is 1. The summed E-state index contributed by atoms with van der Waals surface area (Å²) >= 11 is 0. The first-order valence-corrected chi connectivity index (χ1v) is 33.9. The van der Waals surface area contributed by atoms with E-state index < -0.39 is 28.1 Å². The molecule has 16 bridgehead atoms. The standard InChI is InChI=1S/C67H86N4O6S2/c1-42(72)76-66-35-47-14-16-51(66)32-48-30-49(58(75)59-57(48)45-19-29-65(77-59)25-8-13-50(65)31-45)38-71-41-64(37-55(71)74)53(44-11-3-2-4-12-44)20-28-63(64)23-7-10-43-18-27-62(33-43)24-9-26-67(62,70-60(68)69-40-63)79-78-39-52-17-15-46(56(47)54(73)36-66)34-61(52)21-5-6-22-61/h2-4,11-12,19,29-30,43,45-47,50-54,56,73,75H,5-6,8-10,13-18,20-22,24-28,31-41H2,1H3,(H3,68,69,70)/t43-,45+,46+,47-,50+,51-,52-,53-,54+,56-,62+,63-,64-,65-,66-,67+/m0/s1. The molecule has 12 heteroatoms. The number of allylic oxidation sites excluding steroid dienone is 1. The Morgan fingerprint density at radius 3 is 2.58 bits per heavy atom. The van der Waals surface area contributed by atoms with Gasteiger partial charge in [0.15, 0.2) is 17.5 Å². The smallest absolute Gasteiger partial charge is 0.303 e. The second-order valence-electron chi connectivity index (χ2n) is 28.8. The quantitative estimate of drug-likeness (QED) is 0.0992. The summed E-state index contributed by atoms with van der Waals surface area (Å²) in [6.07, 6.45) is 30.7. The van der Waals surface area contributed by atoms with Crippen LogP contribution in [0.5, 0.6) is 11.5 Å². The lowest BCUT2D eigenvalue weighted by molar-refractivity contribution is -0.201. The summed E-state index contributed by atoms with van der Waals surface area (Å²) in [5.74, 6) is 12.8. The number of ether oxygens (including phenoxy) is 2. The van der Waals surface area contributed by atoms with Crippen LogP contribution >= 0.6 is 21.6 Å². The second kappa shape index (κ2) is 19.1. The minimum Gasteiger partial charge on any atom is -0.504 e. The van der Waals surface area contributed by atoms with Crippen molar-refractivity contribution in [3.8, 4) is 23.3 Å². The minimum atomic E-state index is -0.794. The Hall–Kier alpha value is -3.79. The highest BCUT2D eigenvalue weighted by molar-refractivity contribution is 8.77. The van der Waals surface area contributed by atoms with Gasteiger partial charge in [-0.05, 0) is 199 Å². The Labute approximate surface area is 477 Å². The normalized spacial score (nSPS) is 44.3.